The zero-order chi connectivity index (χ0) is 16.2. The SMILES string of the molecule is C=CCC1CCC(c2ccc(Cl)c(F)c2)NC(C2CC2)COC1. The highest BCUT2D eigenvalue weighted by molar-refractivity contribution is 6.30. The van der Waals surface area contributed by atoms with E-state index in [0.29, 0.717) is 17.9 Å². The molecule has 0 aromatic heterocycles. The molecule has 0 bridgehead atoms. The van der Waals surface area contributed by atoms with Crippen molar-refractivity contribution in [3.8, 4) is 0 Å². The Hall–Kier alpha value is -0.900. The third-order valence-corrected chi connectivity index (χ3v) is 5.27. The lowest BCUT2D eigenvalue weighted by molar-refractivity contribution is 0.0806. The average Bonchev–Trinajstić information content (AvgIpc) is 3.36. The summed E-state index contributed by atoms with van der Waals surface area (Å²) >= 11 is 5.83. The van der Waals surface area contributed by atoms with E-state index in [1.807, 2.05) is 12.1 Å². The van der Waals surface area contributed by atoms with Crippen molar-refractivity contribution in [3.63, 3.8) is 0 Å². The minimum atomic E-state index is -0.340. The van der Waals surface area contributed by atoms with Gasteiger partial charge in [0.15, 0.2) is 0 Å². The molecule has 1 saturated heterocycles. The summed E-state index contributed by atoms with van der Waals surface area (Å²) in [5.74, 6) is 0.852. The van der Waals surface area contributed by atoms with Gasteiger partial charge < -0.3 is 10.1 Å². The largest absolute Gasteiger partial charge is 0.380 e. The zero-order valence-electron chi connectivity index (χ0n) is 13.4. The number of hydrogen-bond donors (Lipinski definition) is 1. The summed E-state index contributed by atoms with van der Waals surface area (Å²) in [6, 6.07) is 5.69. The van der Waals surface area contributed by atoms with Crippen LogP contribution in [0.2, 0.25) is 5.02 Å². The summed E-state index contributed by atoms with van der Waals surface area (Å²) < 4.78 is 19.8. The Morgan fingerprint density at radius 1 is 1.26 bits per heavy atom. The number of halogens is 2. The molecule has 1 N–H and O–H groups in total. The molecule has 2 nitrogen and oxygen atoms in total. The van der Waals surface area contributed by atoms with Crippen LogP contribution in [0.4, 0.5) is 4.39 Å². The van der Waals surface area contributed by atoms with Gasteiger partial charge in [0.1, 0.15) is 5.82 Å². The predicted octanol–water partition coefficient (Wildman–Crippen LogP) is 4.89. The Morgan fingerprint density at radius 2 is 2.09 bits per heavy atom. The fourth-order valence-corrected chi connectivity index (χ4v) is 3.54. The molecule has 3 unspecified atom stereocenters. The van der Waals surface area contributed by atoms with Crippen LogP contribution >= 0.6 is 11.6 Å². The first-order chi connectivity index (χ1) is 11.2. The van der Waals surface area contributed by atoms with Gasteiger partial charge in [0.25, 0.3) is 0 Å². The monoisotopic (exact) mass is 337 g/mol. The minimum Gasteiger partial charge on any atom is -0.380 e. The maximum atomic E-state index is 13.9. The highest BCUT2D eigenvalue weighted by Crippen LogP contribution is 2.36. The first-order valence-electron chi connectivity index (χ1n) is 8.57. The van der Waals surface area contributed by atoms with E-state index >= 15 is 0 Å². The predicted molar refractivity (Wildman–Crippen MR) is 92.2 cm³/mol. The zero-order valence-corrected chi connectivity index (χ0v) is 14.2. The normalized spacial score (nSPS) is 29.4. The van der Waals surface area contributed by atoms with Gasteiger partial charge >= 0.3 is 0 Å². The highest BCUT2D eigenvalue weighted by Gasteiger charge is 2.34. The van der Waals surface area contributed by atoms with Crippen molar-refractivity contribution in [2.45, 2.75) is 44.2 Å². The molecule has 1 aromatic carbocycles. The van der Waals surface area contributed by atoms with Gasteiger partial charge in [-0.25, -0.2) is 4.39 Å². The number of rotatable bonds is 4. The molecule has 2 aliphatic rings. The van der Waals surface area contributed by atoms with E-state index in [1.54, 1.807) is 12.1 Å². The average molecular weight is 338 g/mol. The second kappa shape index (κ2) is 7.78. The van der Waals surface area contributed by atoms with E-state index in [2.05, 4.69) is 11.9 Å². The first-order valence-corrected chi connectivity index (χ1v) is 8.94. The van der Waals surface area contributed by atoms with Gasteiger partial charge in [0, 0.05) is 18.7 Å². The summed E-state index contributed by atoms with van der Waals surface area (Å²) in [6.07, 6.45) is 7.49. The topological polar surface area (TPSA) is 21.3 Å². The summed E-state index contributed by atoms with van der Waals surface area (Å²) in [5.41, 5.74) is 0.983. The molecular weight excluding hydrogens is 313 g/mol. The van der Waals surface area contributed by atoms with Crippen LogP contribution in [0, 0.1) is 17.7 Å². The summed E-state index contributed by atoms with van der Waals surface area (Å²) in [7, 11) is 0. The van der Waals surface area contributed by atoms with E-state index in [1.165, 1.54) is 12.8 Å². The molecule has 3 rings (SSSR count). The van der Waals surface area contributed by atoms with E-state index in [4.69, 9.17) is 16.3 Å². The van der Waals surface area contributed by atoms with Crippen molar-refractivity contribution in [1.82, 2.24) is 5.32 Å². The fraction of sp³-hybridized carbons (Fsp3) is 0.579. The maximum Gasteiger partial charge on any atom is 0.142 e. The lowest BCUT2D eigenvalue weighted by atomic mass is 9.93. The van der Waals surface area contributed by atoms with Gasteiger partial charge in [-0.3, -0.25) is 0 Å². The van der Waals surface area contributed by atoms with E-state index in [9.17, 15) is 4.39 Å². The molecule has 23 heavy (non-hydrogen) atoms. The van der Waals surface area contributed by atoms with Crippen molar-refractivity contribution in [2.75, 3.05) is 13.2 Å². The molecule has 1 aliphatic heterocycles. The van der Waals surface area contributed by atoms with Crippen LogP contribution in [-0.4, -0.2) is 19.3 Å². The lowest BCUT2D eigenvalue weighted by Gasteiger charge is -2.25. The van der Waals surface area contributed by atoms with Crippen LogP contribution in [0.3, 0.4) is 0 Å². The molecule has 126 valence electrons. The minimum absolute atomic E-state index is 0.154. The van der Waals surface area contributed by atoms with E-state index < -0.39 is 0 Å². The van der Waals surface area contributed by atoms with Gasteiger partial charge in [0.2, 0.25) is 0 Å². The molecule has 4 heteroatoms. The van der Waals surface area contributed by atoms with Crippen LogP contribution in [0.15, 0.2) is 30.9 Å². The van der Waals surface area contributed by atoms with Gasteiger partial charge in [-0.2, -0.15) is 0 Å². The Bertz CT molecular complexity index is 546. The van der Waals surface area contributed by atoms with Crippen LogP contribution in [0.5, 0.6) is 0 Å². The quantitative estimate of drug-likeness (QED) is 0.790. The van der Waals surface area contributed by atoms with Crippen LogP contribution in [-0.2, 0) is 4.74 Å². The number of ether oxygens (including phenoxy) is 1. The second-order valence-electron chi connectivity index (χ2n) is 6.84. The molecule has 1 heterocycles. The highest BCUT2D eigenvalue weighted by atomic mass is 35.5. The number of allylic oxidation sites excluding steroid dienone is 1. The van der Waals surface area contributed by atoms with E-state index in [0.717, 1.165) is 38.0 Å². The van der Waals surface area contributed by atoms with Crippen LogP contribution in [0.25, 0.3) is 0 Å². The molecule has 0 spiro atoms. The van der Waals surface area contributed by atoms with Crippen molar-refractivity contribution < 1.29 is 9.13 Å². The molecule has 2 fully saturated rings. The van der Waals surface area contributed by atoms with Crippen LogP contribution < -0.4 is 5.32 Å². The van der Waals surface area contributed by atoms with E-state index in [-0.39, 0.29) is 16.9 Å². The lowest BCUT2D eigenvalue weighted by Crippen LogP contribution is -2.37. The van der Waals surface area contributed by atoms with Crippen molar-refractivity contribution in [3.05, 3.63) is 47.3 Å². The Labute approximate surface area is 143 Å². The fourth-order valence-electron chi connectivity index (χ4n) is 3.42. The van der Waals surface area contributed by atoms with Gasteiger partial charge in [-0.05, 0) is 61.6 Å². The Balaban J connectivity index is 1.78. The molecular formula is C19H25ClFNO. The maximum absolute atomic E-state index is 13.9. The Morgan fingerprint density at radius 3 is 2.78 bits per heavy atom. The molecule has 0 radical (unpaired) electrons. The second-order valence-corrected chi connectivity index (χ2v) is 7.25. The van der Waals surface area contributed by atoms with Gasteiger partial charge in [-0.15, -0.1) is 6.58 Å². The number of benzene rings is 1. The molecule has 1 aliphatic carbocycles. The Kier molecular flexibility index (Phi) is 5.73. The molecule has 1 saturated carbocycles. The third kappa shape index (κ3) is 4.56. The standard InChI is InChI=1S/C19H25ClFNO/c1-2-3-13-4-9-18(15-7-8-16(20)17(21)10-15)22-19(12-23-11-13)14-5-6-14/h2,7-8,10,13-14,18-19,22H,1,3-6,9,11-12H2. The summed E-state index contributed by atoms with van der Waals surface area (Å²) in [4.78, 5) is 0. The molecule has 1 aromatic rings. The summed E-state index contributed by atoms with van der Waals surface area (Å²) in [5, 5.41) is 3.91. The molecule has 0 amide bonds. The third-order valence-electron chi connectivity index (χ3n) is 4.97. The van der Waals surface area contributed by atoms with Crippen molar-refractivity contribution in [2.24, 2.45) is 11.8 Å². The first kappa shape index (κ1) is 16.9. The number of nitrogens with one attached hydrogen (secondary N) is 1. The number of hydrogen-bond acceptors (Lipinski definition) is 2. The smallest absolute Gasteiger partial charge is 0.142 e. The van der Waals surface area contributed by atoms with Crippen LogP contribution in [0.1, 0.15) is 43.7 Å². The van der Waals surface area contributed by atoms with Crippen molar-refractivity contribution >= 4 is 11.6 Å². The van der Waals surface area contributed by atoms with Gasteiger partial charge in [0.05, 0.1) is 11.6 Å². The van der Waals surface area contributed by atoms with Crippen molar-refractivity contribution in [1.29, 1.82) is 0 Å². The van der Waals surface area contributed by atoms with Gasteiger partial charge in [-0.1, -0.05) is 23.7 Å². The molecule has 3 atom stereocenters. The summed E-state index contributed by atoms with van der Waals surface area (Å²) in [6.45, 7) is 5.38.